The van der Waals surface area contributed by atoms with Gasteiger partial charge in [-0.3, -0.25) is 24.6 Å². The number of nitrogens with zero attached hydrogens (tertiary/aromatic N) is 1. The van der Waals surface area contributed by atoms with Gasteiger partial charge in [0.2, 0.25) is 17.7 Å². The van der Waals surface area contributed by atoms with Crippen molar-refractivity contribution >= 4 is 35.0 Å². The van der Waals surface area contributed by atoms with Crippen LogP contribution < -0.4 is 15.4 Å². The van der Waals surface area contributed by atoms with Crippen molar-refractivity contribution in [2.24, 2.45) is 11.8 Å². The van der Waals surface area contributed by atoms with Gasteiger partial charge in [0.05, 0.1) is 42.3 Å². The Morgan fingerprint density at radius 2 is 1.88 bits per heavy atom. The standard InChI is InChI=1S/C23H22ClN3O5/c1-11(28)18-16-17(23(26-18)14-4-3-5-15(24)19(14)25-22(23)31)21(30)27(20(16)29)10-12-6-8-13(32-2)9-7-12/h3-9,11,16-18,26,28H,10H2,1-2H3,(H,25,31). The molecule has 3 N–H and O–H groups in total. The van der Waals surface area contributed by atoms with Gasteiger partial charge in [-0.25, -0.2) is 0 Å². The third-order valence-corrected chi connectivity index (χ3v) is 7.06. The van der Waals surface area contributed by atoms with Gasteiger partial charge >= 0.3 is 0 Å². The van der Waals surface area contributed by atoms with Crippen LogP contribution in [0.5, 0.6) is 5.75 Å². The molecule has 0 aliphatic carbocycles. The summed E-state index contributed by atoms with van der Waals surface area (Å²) in [5.41, 5.74) is 0.210. The van der Waals surface area contributed by atoms with Crippen LogP contribution in [0, 0.1) is 11.8 Å². The van der Waals surface area contributed by atoms with Crippen LogP contribution in [0.4, 0.5) is 5.69 Å². The lowest BCUT2D eigenvalue weighted by atomic mass is 9.76. The average molecular weight is 456 g/mol. The van der Waals surface area contributed by atoms with Crippen LogP contribution in [-0.2, 0) is 26.5 Å². The molecule has 1 spiro atoms. The molecule has 9 heteroatoms. The number of carbonyl (C=O) groups excluding carboxylic acids is 3. The maximum absolute atomic E-state index is 13.6. The summed E-state index contributed by atoms with van der Waals surface area (Å²) in [6.45, 7) is 1.62. The summed E-state index contributed by atoms with van der Waals surface area (Å²) in [6, 6.07) is 11.4. The van der Waals surface area contributed by atoms with E-state index in [4.69, 9.17) is 16.3 Å². The summed E-state index contributed by atoms with van der Waals surface area (Å²) < 4.78 is 5.16. The Bertz CT molecular complexity index is 1130. The molecule has 2 aromatic carbocycles. The number of halogens is 1. The second-order valence-electron chi connectivity index (χ2n) is 8.45. The zero-order chi connectivity index (χ0) is 22.8. The van der Waals surface area contributed by atoms with Crippen LogP contribution in [0.2, 0.25) is 5.02 Å². The Balaban J connectivity index is 1.58. The van der Waals surface area contributed by atoms with E-state index in [-0.39, 0.29) is 6.54 Å². The van der Waals surface area contributed by atoms with Crippen molar-refractivity contribution in [3.63, 3.8) is 0 Å². The second-order valence-corrected chi connectivity index (χ2v) is 8.86. The predicted octanol–water partition coefficient (Wildman–Crippen LogP) is 1.65. The molecule has 5 rings (SSSR count). The van der Waals surface area contributed by atoms with Crippen LogP contribution >= 0.6 is 11.6 Å². The van der Waals surface area contributed by atoms with Gasteiger partial charge in [-0.05, 0) is 30.7 Å². The van der Waals surface area contributed by atoms with Gasteiger partial charge in [0, 0.05) is 11.6 Å². The van der Waals surface area contributed by atoms with Gasteiger partial charge in [-0.15, -0.1) is 0 Å². The molecule has 2 fully saturated rings. The molecule has 0 radical (unpaired) electrons. The molecule has 32 heavy (non-hydrogen) atoms. The van der Waals surface area contributed by atoms with Crippen molar-refractivity contribution in [2.75, 3.05) is 12.4 Å². The number of aliphatic hydroxyl groups is 1. The number of fused-ring (bicyclic) bond motifs is 4. The number of carbonyl (C=O) groups is 3. The topological polar surface area (TPSA) is 108 Å². The largest absolute Gasteiger partial charge is 0.497 e. The van der Waals surface area contributed by atoms with E-state index in [1.165, 1.54) is 4.90 Å². The summed E-state index contributed by atoms with van der Waals surface area (Å²) in [5.74, 6) is -2.52. The first-order chi connectivity index (χ1) is 15.3. The first-order valence-electron chi connectivity index (χ1n) is 10.3. The number of imide groups is 1. The molecule has 3 aliphatic heterocycles. The maximum atomic E-state index is 13.6. The monoisotopic (exact) mass is 455 g/mol. The molecule has 5 atom stereocenters. The number of methoxy groups -OCH3 is 1. The highest BCUT2D eigenvalue weighted by atomic mass is 35.5. The van der Waals surface area contributed by atoms with E-state index in [9.17, 15) is 19.5 Å². The van der Waals surface area contributed by atoms with Crippen molar-refractivity contribution in [1.82, 2.24) is 10.2 Å². The molecule has 0 saturated carbocycles. The van der Waals surface area contributed by atoms with E-state index in [2.05, 4.69) is 10.6 Å². The lowest BCUT2D eigenvalue weighted by Gasteiger charge is -2.30. The number of aliphatic hydroxyl groups excluding tert-OH is 1. The smallest absolute Gasteiger partial charge is 0.250 e. The number of hydrogen-bond acceptors (Lipinski definition) is 6. The van der Waals surface area contributed by atoms with Crippen molar-refractivity contribution in [2.45, 2.75) is 31.2 Å². The first kappa shape index (κ1) is 20.9. The number of ether oxygens (including phenoxy) is 1. The third-order valence-electron chi connectivity index (χ3n) is 6.74. The summed E-state index contributed by atoms with van der Waals surface area (Å²) >= 11 is 6.30. The van der Waals surface area contributed by atoms with E-state index < -0.39 is 47.2 Å². The van der Waals surface area contributed by atoms with Crippen LogP contribution in [-0.4, -0.2) is 47.0 Å². The van der Waals surface area contributed by atoms with Gasteiger partial charge < -0.3 is 15.2 Å². The predicted molar refractivity (Wildman–Crippen MR) is 116 cm³/mol. The van der Waals surface area contributed by atoms with Gasteiger partial charge in [-0.2, -0.15) is 0 Å². The SMILES string of the molecule is COc1ccc(CN2C(=O)C3C(C(C)O)NC4(C(=O)Nc5c(Cl)cccc54)C3C2=O)cc1. The minimum atomic E-state index is -1.48. The zero-order valence-electron chi connectivity index (χ0n) is 17.5. The van der Waals surface area contributed by atoms with Crippen LogP contribution in [0.15, 0.2) is 42.5 Å². The number of benzene rings is 2. The number of hydrogen-bond donors (Lipinski definition) is 3. The molecule has 3 amide bonds. The summed E-state index contributed by atoms with van der Waals surface area (Å²) in [5, 5.41) is 16.7. The minimum Gasteiger partial charge on any atom is -0.497 e. The fraction of sp³-hybridized carbons (Fsp3) is 0.348. The molecule has 166 valence electrons. The van der Waals surface area contributed by atoms with Gasteiger partial charge in [0.1, 0.15) is 11.3 Å². The molecule has 3 aliphatic rings. The number of para-hydroxylation sites is 1. The molecule has 2 saturated heterocycles. The summed E-state index contributed by atoms with van der Waals surface area (Å²) in [6.07, 6.45) is -0.962. The van der Waals surface area contributed by atoms with Crippen LogP contribution in [0.3, 0.4) is 0 Å². The van der Waals surface area contributed by atoms with E-state index in [1.807, 2.05) is 0 Å². The second kappa shape index (κ2) is 7.30. The Kier molecular flexibility index (Phi) is 4.77. The number of anilines is 1. The average Bonchev–Trinajstić information content (AvgIpc) is 3.36. The quantitative estimate of drug-likeness (QED) is 0.605. The fourth-order valence-electron chi connectivity index (χ4n) is 5.27. The van der Waals surface area contributed by atoms with E-state index in [1.54, 1.807) is 56.5 Å². The van der Waals surface area contributed by atoms with E-state index in [0.717, 1.165) is 5.56 Å². The van der Waals surface area contributed by atoms with E-state index >= 15 is 0 Å². The molecular weight excluding hydrogens is 434 g/mol. The minimum absolute atomic E-state index is 0.0707. The highest BCUT2D eigenvalue weighted by molar-refractivity contribution is 6.35. The first-order valence-corrected chi connectivity index (χ1v) is 10.7. The Morgan fingerprint density at radius 3 is 2.53 bits per heavy atom. The normalized spacial score (nSPS) is 29.3. The molecule has 3 heterocycles. The third kappa shape index (κ3) is 2.73. The number of likely N-dealkylation sites (tertiary alicyclic amines) is 1. The Hall–Kier alpha value is -2.94. The highest BCUT2D eigenvalue weighted by Gasteiger charge is 2.71. The highest BCUT2D eigenvalue weighted by Crippen LogP contribution is 2.54. The fourth-order valence-corrected chi connectivity index (χ4v) is 5.49. The summed E-state index contributed by atoms with van der Waals surface area (Å²) in [4.78, 5) is 41.6. The van der Waals surface area contributed by atoms with Crippen LogP contribution in [0.25, 0.3) is 0 Å². The zero-order valence-corrected chi connectivity index (χ0v) is 18.2. The lowest BCUT2D eigenvalue weighted by molar-refractivity contribution is -0.143. The maximum Gasteiger partial charge on any atom is 0.250 e. The van der Waals surface area contributed by atoms with Crippen molar-refractivity contribution < 1.29 is 24.2 Å². The summed E-state index contributed by atoms with van der Waals surface area (Å²) in [7, 11) is 1.56. The van der Waals surface area contributed by atoms with Crippen molar-refractivity contribution in [3.8, 4) is 5.75 Å². The van der Waals surface area contributed by atoms with Crippen LogP contribution in [0.1, 0.15) is 18.1 Å². The number of rotatable bonds is 4. The van der Waals surface area contributed by atoms with Gasteiger partial charge in [0.25, 0.3) is 0 Å². The molecule has 2 aromatic rings. The van der Waals surface area contributed by atoms with Gasteiger partial charge in [-0.1, -0.05) is 35.9 Å². The Labute approximate surface area is 189 Å². The molecule has 5 unspecified atom stereocenters. The molecule has 0 aromatic heterocycles. The number of nitrogens with one attached hydrogen (secondary N) is 2. The van der Waals surface area contributed by atoms with Crippen molar-refractivity contribution in [3.05, 3.63) is 58.6 Å². The van der Waals surface area contributed by atoms with Crippen molar-refractivity contribution in [1.29, 1.82) is 0 Å². The molecule has 8 nitrogen and oxygen atoms in total. The number of amides is 3. The lowest BCUT2D eigenvalue weighted by Crippen LogP contribution is -2.54. The Morgan fingerprint density at radius 1 is 1.16 bits per heavy atom. The molecule has 0 bridgehead atoms. The molecular formula is C23H22ClN3O5. The van der Waals surface area contributed by atoms with E-state index in [0.29, 0.717) is 22.0 Å². The van der Waals surface area contributed by atoms with Gasteiger partial charge in [0.15, 0.2) is 0 Å².